The predicted octanol–water partition coefficient (Wildman–Crippen LogP) is 1.08. The molecule has 1 saturated heterocycles. The average molecular weight is 448 g/mol. The first-order valence-corrected chi connectivity index (χ1v) is 10.6. The molecule has 2 unspecified atom stereocenters. The second-order valence-corrected chi connectivity index (χ2v) is 8.79. The quantitative estimate of drug-likeness (QED) is 0.439. The molecule has 4 amide bonds. The van der Waals surface area contributed by atoms with Crippen molar-refractivity contribution in [2.45, 2.75) is 45.7 Å². The average Bonchev–Trinajstić information content (AvgIpc) is 3.24. The Kier molecular flexibility index (Phi) is 8.45. The van der Waals surface area contributed by atoms with Crippen LogP contribution in [0.15, 0.2) is 24.3 Å². The van der Waals surface area contributed by atoms with Crippen LogP contribution in [-0.2, 0) is 14.3 Å². The van der Waals surface area contributed by atoms with E-state index in [2.05, 4.69) is 20.7 Å². The Morgan fingerprint density at radius 3 is 2.50 bits per heavy atom. The number of carbonyl (C=O) groups is 4. The number of benzene rings is 1. The first kappa shape index (κ1) is 25.0. The van der Waals surface area contributed by atoms with E-state index in [0.29, 0.717) is 24.2 Å². The lowest BCUT2D eigenvalue weighted by atomic mass is 9.85. The van der Waals surface area contributed by atoms with Crippen molar-refractivity contribution in [2.24, 2.45) is 11.1 Å². The van der Waals surface area contributed by atoms with Crippen molar-refractivity contribution in [3.63, 3.8) is 0 Å². The fourth-order valence-electron chi connectivity index (χ4n) is 3.57. The van der Waals surface area contributed by atoms with E-state index in [9.17, 15) is 19.2 Å². The van der Waals surface area contributed by atoms with E-state index in [4.69, 9.17) is 5.73 Å². The molecule has 1 fully saturated rings. The molecule has 1 aromatic rings. The summed E-state index contributed by atoms with van der Waals surface area (Å²) in [6, 6.07) is 5.60. The molecule has 0 aromatic heterocycles. The Morgan fingerprint density at radius 1 is 1.19 bits per heavy atom. The number of methoxy groups -OCH3 is 1. The van der Waals surface area contributed by atoms with Crippen molar-refractivity contribution in [3.05, 3.63) is 29.8 Å². The van der Waals surface area contributed by atoms with Gasteiger partial charge in [-0.1, -0.05) is 26.8 Å². The number of primary amides is 1. The number of hydrogen-bond donors (Lipinski definition) is 4. The zero-order valence-corrected chi connectivity index (χ0v) is 19.1. The second-order valence-electron chi connectivity index (χ2n) is 8.79. The van der Waals surface area contributed by atoms with Crippen molar-refractivity contribution in [3.8, 4) is 0 Å². The monoisotopic (exact) mass is 447 g/mol. The molecule has 2 atom stereocenters. The maximum absolute atomic E-state index is 13.3. The number of carbonyl (C=O) groups excluding carboxylic acids is 4. The number of amides is 4. The van der Waals surface area contributed by atoms with Crippen LogP contribution in [0, 0.1) is 5.41 Å². The first-order chi connectivity index (χ1) is 15.0. The third-order valence-electron chi connectivity index (χ3n) is 5.28. The highest BCUT2D eigenvalue weighted by Gasteiger charge is 2.40. The third kappa shape index (κ3) is 6.60. The van der Waals surface area contributed by atoms with E-state index < -0.39 is 29.5 Å². The summed E-state index contributed by atoms with van der Waals surface area (Å²) >= 11 is 0. The van der Waals surface area contributed by atoms with Gasteiger partial charge in [0.25, 0.3) is 5.91 Å². The van der Waals surface area contributed by atoms with Gasteiger partial charge < -0.3 is 31.3 Å². The van der Waals surface area contributed by atoms with Crippen molar-refractivity contribution in [1.29, 1.82) is 0 Å². The third-order valence-corrected chi connectivity index (χ3v) is 5.28. The van der Waals surface area contributed by atoms with Crippen LogP contribution in [-0.4, -0.2) is 67.5 Å². The molecular weight excluding hydrogens is 414 g/mol. The van der Waals surface area contributed by atoms with Crippen molar-refractivity contribution in [2.75, 3.05) is 32.1 Å². The second kappa shape index (κ2) is 10.8. The van der Waals surface area contributed by atoms with Gasteiger partial charge in [0.05, 0.1) is 7.11 Å². The van der Waals surface area contributed by atoms with Crippen LogP contribution in [0.5, 0.6) is 0 Å². The van der Waals surface area contributed by atoms with Crippen LogP contribution < -0.4 is 21.7 Å². The Hall–Kier alpha value is -3.30. The van der Waals surface area contributed by atoms with Gasteiger partial charge in [0.15, 0.2) is 0 Å². The first-order valence-electron chi connectivity index (χ1n) is 10.6. The van der Waals surface area contributed by atoms with Gasteiger partial charge in [-0.3, -0.25) is 14.4 Å². The van der Waals surface area contributed by atoms with Crippen LogP contribution >= 0.6 is 0 Å². The number of rotatable bonds is 8. The number of likely N-dealkylation sites (tertiary alicyclic amines) is 1. The highest BCUT2D eigenvalue weighted by atomic mass is 16.5. The minimum absolute atomic E-state index is 0.192. The summed E-state index contributed by atoms with van der Waals surface area (Å²) in [5, 5.41) is 8.44. The number of nitrogens with one attached hydrogen (secondary N) is 3. The zero-order valence-electron chi connectivity index (χ0n) is 19.1. The van der Waals surface area contributed by atoms with E-state index in [0.717, 1.165) is 6.42 Å². The lowest BCUT2D eigenvalue weighted by Crippen LogP contribution is -2.53. The lowest BCUT2D eigenvalue weighted by molar-refractivity contribution is -0.139. The molecule has 1 aromatic carbocycles. The standard InChI is InChI=1S/C22H33N5O5/c1-22(2,3)17(20(30)27-12-6-9-16(27)18(23)28)26-15-8-5-7-14(13-15)19(29)24-10-11-25-21(31)32-4/h5,7-8,13,16-17,26H,6,9-12H2,1-4H3,(H2,23,28)(H,24,29)(H,25,31). The van der Waals surface area contributed by atoms with E-state index in [1.54, 1.807) is 29.2 Å². The van der Waals surface area contributed by atoms with Gasteiger partial charge in [-0.15, -0.1) is 0 Å². The van der Waals surface area contributed by atoms with Crippen LogP contribution in [0.1, 0.15) is 44.0 Å². The Labute approximate surface area is 188 Å². The molecule has 5 N–H and O–H groups in total. The van der Waals surface area contributed by atoms with E-state index >= 15 is 0 Å². The summed E-state index contributed by atoms with van der Waals surface area (Å²) in [5.74, 6) is -1.00. The molecular formula is C22H33N5O5. The number of nitrogens with two attached hydrogens (primary N) is 1. The summed E-state index contributed by atoms with van der Waals surface area (Å²) in [7, 11) is 1.26. The predicted molar refractivity (Wildman–Crippen MR) is 120 cm³/mol. The molecule has 10 heteroatoms. The molecule has 0 aliphatic carbocycles. The summed E-state index contributed by atoms with van der Waals surface area (Å²) < 4.78 is 4.47. The molecule has 0 saturated carbocycles. The van der Waals surface area contributed by atoms with Gasteiger partial charge in [0.1, 0.15) is 12.1 Å². The molecule has 1 aliphatic rings. The molecule has 0 bridgehead atoms. The van der Waals surface area contributed by atoms with Gasteiger partial charge in [0.2, 0.25) is 11.8 Å². The number of hydrogen-bond acceptors (Lipinski definition) is 6. The largest absolute Gasteiger partial charge is 0.453 e. The topological polar surface area (TPSA) is 143 Å². The maximum Gasteiger partial charge on any atom is 0.406 e. The number of ether oxygens (including phenoxy) is 1. The molecule has 32 heavy (non-hydrogen) atoms. The molecule has 2 rings (SSSR count). The fraction of sp³-hybridized carbons (Fsp3) is 0.545. The minimum Gasteiger partial charge on any atom is -0.453 e. The highest BCUT2D eigenvalue weighted by molar-refractivity contribution is 5.95. The van der Waals surface area contributed by atoms with E-state index in [1.165, 1.54) is 7.11 Å². The summed E-state index contributed by atoms with van der Waals surface area (Å²) in [6.07, 6.45) is 0.731. The van der Waals surface area contributed by atoms with E-state index in [-0.39, 0.29) is 24.9 Å². The van der Waals surface area contributed by atoms with Crippen LogP contribution in [0.3, 0.4) is 0 Å². The van der Waals surface area contributed by atoms with Gasteiger partial charge in [0, 0.05) is 30.9 Å². The summed E-state index contributed by atoms with van der Waals surface area (Å²) in [6.45, 7) is 6.75. The van der Waals surface area contributed by atoms with Crippen LogP contribution in [0.4, 0.5) is 10.5 Å². The van der Waals surface area contributed by atoms with Crippen LogP contribution in [0.25, 0.3) is 0 Å². The number of anilines is 1. The zero-order chi connectivity index (χ0) is 23.9. The minimum atomic E-state index is -0.620. The van der Waals surface area contributed by atoms with E-state index in [1.807, 2.05) is 20.8 Å². The molecule has 1 aliphatic heterocycles. The van der Waals surface area contributed by atoms with Gasteiger partial charge in [-0.2, -0.15) is 0 Å². The van der Waals surface area contributed by atoms with Crippen LogP contribution in [0.2, 0.25) is 0 Å². The van der Waals surface area contributed by atoms with Gasteiger partial charge in [-0.25, -0.2) is 4.79 Å². The molecule has 0 spiro atoms. The highest BCUT2D eigenvalue weighted by Crippen LogP contribution is 2.28. The van der Waals surface area contributed by atoms with Crippen molar-refractivity contribution < 1.29 is 23.9 Å². The molecule has 0 radical (unpaired) electrons. The normalized spacial score (nSPS) is 16.8. The molecule has 1 heterocycles. The Balaban J connectivity index is 2.09. The summed E-state index contributed by atoms with van der Waals surface area (Å²) in [5.41, 5.74) is 6.04. The smallest absolute Gasteiger partial charge is 0.406 e. The van der Waals surface area contributed by atoms with Crippen molar-refractivity contribution >= 4 is 29.5 Å². The SMILES string of the molecule is COC(=O)NCCNC(=O)c1cccc(NC(C(=O)N2CCCC2C(N)=O)C(C)(C)C)c1. The number of alkyl carbamates (subject to hydrolysis) is 1. The van der Waals surface area contributed by atoms with Gasteiger partial charge >= 0.3 is 6.09 Å². The van der Waals surface area contributed by atoms with Gasteiger partial charge in [-0.05, 0) is 36.5 Å². The Morgan fingerprint density at radius 2 is 1.88 bits per heavy atom. The lowest BCUT2D eigenvalue weighted by Gasteiger charge is -2.35. The maximum atomic E-state index is 13.3. The number of nitrogens with zero attached hydrogens (tertiary/aromatic N) is 1. The van der Waals surface area contributed by atoms with Crippen molar-refractivity contribution in [1.82, 2.24) is 15.5 Å². The molecule has 10 nitrogen and oxygen atoms in total. The molecule has 176 valence electrons. The fourth-order valence-corrected chi connectivity index (χ4v) is 3.57. The summed E-state index contributed by atoms with van der Waals surface area (Å²) in [4.78, 5) is 50.1. The Bertz CT molecular complexity index is 851.